The maximum absolute atomic E-state index is 4.72. The topological polar surface area (TPSA) is 57.5 Å². The number of aromatic nitrogens is 2. The molecule has 1 atom stereocenters. The Hall–Kier alpha value is -2.50. The van der Waals surface area contributed by atoms with E-state index in [2.05, 4.69) is 58.7 Å². The molecule has 1 saturated heterocycles. The maximum atomic E-state index is 4.72. The van der Waals surface area contributed by atoms with Crippen LogP contribution in [0.3, 0.4) is 0 Å². The summed E-state index contributed by atoms with van der Waals surface area (Å²) in [6.07, 6.45) is 7.37. The molecule has 1 aromatic carbocycles. The highest BCUT2D eigenvalue weighted by Crippen LogP contribution is 2.23. The largest absolute Gasteiger partial charge is 0.372 e. The lowest BCUT2D eigenvalue weighted by molar-refractivity contribution is 0.582. The zero-order valence-electron chi connectivity index (χ0n) is 16.6. The SMILES string of the molecule is CCNC(=NCCCn1cccn1)NC(C)c1cccc(N2CCCC2)c1. The standard InChI is InChI=1S/C21H32N6/c1-3-22-21(23-11-7-15-27-16-8-12-24-27)25-18(2)19-9-6-10-20(17-19)26-13-4-5-14-26/h6,8-10,12,16-18H,3-5,7,11,13-15H2,1-2H3,(H2,22,23,25). The number of hydrogen-bond donors (Lipinski definition) is 2. The van der Waals surface area contributed by atoms with Gasteiger partial charge >= 0.3 is 0 Å². The van der Waals surface area contributed by atoms with Crippen molar-refractivity contribution in [2.45, 2.75) is 45.7 Å². The van der Waals surface area contributed by atoms with Crippen LogP contribution in [0, 0.1) is 0 Å². The van der Waals surface area contributed by atoms with Crippen molar-refractivity contribution in [1.29, 1.82) is 0 Å². The van der Waals surface area contributed by atoms with Crippen LogP contribution in [0.2, 0.25) is 0 Å². The van der Waals surface area contributed by atoms with Crippen molar-refractivity contribution in [3.8, 4) is 0 Å². The zero-order valence-corrected chi connectivity index (χ0v) is 16.6. The maximum Gasteiger partial charge on any atom is 0.191 e. The Morgan fingerprint density at radius 1 is 1.26 bits per heavy atom. The summed E-state index contributed by atoms with van der Waals surface area (Å²) in [5.74, 6) is 0.872. The number of anilines is 1. The minimum atomic E-state index is 0.205. The molecule has 0 bridgehead atoms. The Morgan fingerprint density at radius 3 is 2.85 bits per heavy atom. The van der Waals surface area contributed by atoms with E-state index in [1.807, 2.05) is 23.1 Å². The summed E-state index contributed by atoms with van der Waals surface area (Å²) in [7, 11) is 0. The molecule has 1 aromatic heterocycles. The normalized spacial score (nSPS) is 15.8. The summed E-state index contributed by atoms with van der Waals surface area (Å²) < 4.78 is 1.95. The molecule has 0 aliphatic carbocycles. The summed E-state index contributed by atoms with van der Waals surface area (Å²) in [5.41, 5.74) is 2.63. The predicted octanol–water partition coefficient (Wildman–Crippen LogP) is 3.19. The van der Waals surface area contributed by atoms with Crippen molar-refractivity contribution in [3.05, 3.63) is 48.3 Å². The third-order valence-corrected chi connectivity index (χ3v) is 4.91. The first kappa shape index (κ1) is 19.3. The monoisotopic (exact) mass is 368 g/mol. The van der Waals surface area contributed by atoms with Crippen LogP contribution in [0.4, 0.5) is 5.69 Å². The molecule has 1 unspecified atom stereocenters. The first-order valence-electron chi connectivity index (χ1n) is 10.1. The molecule has 6 heteroatoms. The van der Waals surface area contributed by atoms with Crippen LogP contribution < -0.4 is 15.5 Å². The van der Waals surface area contributed by atoms with Crippen molar-refractivity contribution in [1.82, 2.24) is 20.4 Å². The van der Waals surface area contributed by atoms with E-state index >= 15 is 0 Å². The van der Waals surface area contributed by atoms with E-state index in [9.17, 15) is 0 Å². The van der Waals surface area contributed by atoms with Gasteiger partial charge in [-0.15, -0.1) is 0 Å². The number of aliphatic imine (C=N–C) groups is 1. The molecule has 2 heterocycles. The molecule has 1 aliphatic heterocycles. The average Bonchev–Trinajstić information content (AvgIpc) is 3.39. The molecule has 0 saturated carbocycles. The third kappa shape index (κ3) is 5.74. The van der Waals surface area contributed by atoms with E-state index in [4.69, 9.17) is 4.99 Å². The second-order valence-electron chi connectivity index (χ2n) is 7.04. The van der Waals surface area contributed by atoms with Gasteiger partial charge in [0.15, 0.2) is 5.96 Å². The fourth-order valence-corrected chi connectivity index (χ4v) is 3.43. The van der Waals surface area contributed by atoms with Crippen molar-refractivity contribution in [2.24, 2.45) is 4.99 Å². The summed E-state index contributed by atoms with van der Waals surface area (Å²) in [6.45, 7) is 9.15. The fourth-order valence-electron chi connectivity index (χ4n) is 3.43. The Labute approximate surface area is 162 Å². The van der Waals surface area contributed by atoms with Crippen molar-refractivity contribution < 1.29 is 0 Å². The predicted molar refractivity (Wildman–Crippen MR) is 112 cm³/mol. The van der Waals surface area contributed by atoms with Gasteiger partial charge in [0.25, 0.3) is 0 Å². The molecular formula is C21H32N6. The van der Waals surface area contributed by atoms with Gasteiger partial charge in [0, 0.05) is 50.8 Å². The van der Waals surface area contributed by atoms with Crippen LogP contribution in [-0.4, -0.2) is 41.9 Å². The summed E-state index contributed by atoms with van der Waals surface area (Å²) >= 11 is 0. The number of nitrogens with zero attached hydrogens (tertiary/aromatic N) is 4. The van der Waals surface area contributed by atoms with E-state index < -0.39 is 0 Å². The Kier molecular flexibility index (Phi) is 7.13. The molecule has 0 radical (unpaired) electrons. The number of nitrogens with one attached hydrogen (secondary N) is 2. The van der Waals surface area contributed by atoms with E-state index in [1.165, 1.54) is 37.2 Å². The Bertz CT molecular complexity index is 703. The molecular weight excluding hydrogens is 336 g/mol. The number of benzene rings is 1. The van der Waals surface area contributed by atoms with Gasteiger partial charge in [0.05, 0.1) is 6.04 Å². The van der Waals surface area contributed by atoms with E-state index in [1.54, 1.807) is 0 Å². The Morgan fingerprint density at radius 2 is 2.11 bits per heavy atom. The van der Waals surface area contributed by atoms with Gasteiger partial charge in [-0.05, 0) is 56.9 Å². The lowest BCUT2D eigenvalue weighted by Gasteiger charge is -2.22. The molecule has 27 heavy (non-hydrogen) atoms. The van der Waals surface area contributed by atoms with Gasteiger partial charge in [0.1, 0.15) is 0 Å². The minimum absolute atomic E-state index is 0.205. The van der Waals surface area contributed by atoms with Crippen LogP contribution in [0.5, 0.6) is 0 Å². The molecule has 146 valence electrons. The van der Waals surface area contributed by atoms with Crippen LogP contribution in [-0.2, 0) is 6.54 Å². The number of guanidine groups is 1. The van der Waals surface area contributed by atoms with Crippen molar-refractivity contribution in [2.75, 3.05) is 31.1 Å². The average molecular weight is 369 g/mol. The summed E-state index contributed by atoms with van der Waals surface area (Å²) in [4.78, 5) is 7.20. The van der Waals surface area contributed by atoms with Gasteiger partial charge < -0.3 is 15.5 Å². The molecule has 1 fully saturated rings. The van der Waals surface area contributed by atoms with E-state index in [0.717, 1.165) is 32.0 Å². The quantitative estimate of drug-likeness (QED) is 0.427. The lowest BCUT2D eigenvalue weighted by Crippen LogP contribution is -2.38. The van der Waals surface area contributed by atoms with Gasteiger partial charge in [0.2, 0.25) is 0 Å². The third-order valence-electron chi connectivity index (χ3n) is 4.91. The van der Waals surface area contributed by atoms with Gasteiger partial charge in [-0.2, -0.15) is 5.10 Å². The van der Waals surface area contributed by atoms with E-state index in [0.29, 0.717) is 0 Å². The number of aryl methyl sites for hydroxylation is 1. The first-order valence-corrected chi connectivity index (χ1v) is 10.1. The number of rotatable bonds is 8. The highest BCUT2D eigenvalue weighted by molar-refractivity contribution is 5.80. The van der Waals surface area contributed by atoms with Crippen LogP contribution in [0.25, 0.3) is 0 Å². The highest BCUT2D eigenvalue weighted by atomic mass is 15.3. The van der Waals surface area contributed by atoms with Gasteiger partial charge in [-0.1, -0.05) is 12.1 Å². The summed E-state index contributed by atoms with van der Waals surface area (Å²) in [5, 5.41) is 11.1. The van der Waals surface area contributed by atoms with Crippen LogP contribution in [0.1, 0.15) is 44.7 Å². The van der Waals surface area contributed by atoms with Gasteiger partial charge in [-0.25, -0.2) is 0 Å². The second kappa shape index (κ2) is 10.00. The molecule has 1 aliphatic rings. The molecule has 2 aromatic rings. The molecule has 0 spiro atoms. The van der Waals surface area contributed by atoms with Crippen molar-refractivity contribution in [3.63, 3.8) is 0 Å². The minimum Gasteiger partial charge on any atom is -0.372 e. The van der Waals surface area contributed by atoms with Crippen LogP contribution >= 0.6 is 0 Å². The summed E-state index contributed by atoms with van der Waals surface area (Å²) in [6, 6.07) is 11.0. The van der Waals surface area contributed by atoms with E-state index in [-0.39, 0.29) is 6.04 Å². The second-order valence-corrected chi connectivity index (χ2v) is 7.04. The van der Waals surface area contributed by atoms with Gasteiger partial charge in [-0.3, -0.25) is 9.67 Å². The molecule has 0 amide bonds. The smallest absolute Gasteiger partial charge is 0.191 e. The molecule has 6 nitrogen and oxygen atoms in total. The fraction of sp³-hybridized carbons (Fsp3) is 0.524. The van der Waals surface area contributed by atoms with Crippen molar-refractivity contribution >= 4 is 11.6 Å². The highest BCUT2D eigenvalue weighted by Gasteiger charge is 2.14. The Balaban J connectivity index is 1.56. The molecule has 3 rings (SSSR count). The molecule has 2 N–H and O–H groups in total. The zero-order chi connectivity index (χ0) is 18.9. The lowest BCUT2D eigenvalue weighted by atomic mass is 10.1. The number of hydrogen-bond acceptors (Lipinski definition) is 3. The van der Waals surface area contributed by atoms with Crippen LogP contribution in [0.15, 0.2) is 47.7 Å². The first-order chi connectivity index (χ1) is 13.3.